The van der Waals surface area contributed by atoms with Gasteiger partial charge < -0.3 is 14.2 Å². The number of esters is 1. The second kappa shape index (κ2) is 6.06. The van der Waals surface area contributed by atoms with Crippen LogP contribution in [-0.4, -0.2) is 31.7 Å². The molecule has 0 aliphatic rings. The van der Waals surface area contributed by atoms with Gasteiger partial charge >= 0.3 is 11.7 Å². The van der Waals surface area contributed by atoms with Crippen molar-refractivity contribution in [2.75, 3.05) is 20.8 Å². The van der Waals surface area contributed by atoms with Gasteiger partial charge in [0.25, 0.3) is 0 Å². The van der Waals surface area contributed by atoms with E-state index in [4.69, 9.17) is 21.1 Å². The van der Waals surface area contributed by atoms with Crippen LogP contribution in [0.2, 0.25) is 5.02 Å². The Balaban J connectivity index is 3.06. The lowest BCUT2D eigenvalue weighted by Gasteiger charge is -2.08. The molecule has 0 fully saturated rings. The summed E-state index contributed by atoms with van der Waals surface area (Å²) >= 11 is 5.76. The van der Waals surface area contributed by atoms with Crippen LogP contribution in [0.4, 0.5) is 5.69 Å². The Labute approximate surface area is 107 Å². The van der Waals surface area contributed by atoms with Crippen molar-refractivity contribution in [2.45, 2.75) is 0 Å². The number of nitrogens with zero attached hydrogens (tertiary/aromatic N) is 1. The number of nitro groups is 1. The quantitative estimate of drug-likeness (QED) is 0.462. The highest BCUT2D eigenvalue weighted by atomic mass is 35.5. The third kappa shape index (κ3) is 3.24. The topological polar surface area (TPSA) is 87.9 Å². The number of ether oxygens (including phenoxy) is 3. The van der Waals surface area contributed by atoms with Gasteiger partial charge in [0.15, 0.2) is 6.61 Å². The number of halogens is 1. The van der Waals surface area contributed by atoms with Gasteiger partial charge in [-0.15, -0.1) is 0 Å². The highest BCUT2D eigenvalue weighted by Gasteiger charge is 2.20. The summed E-state index contributed by atoms with van der Waals surface area (Å²) in [6.45, 7) is -0.442. The number of rotatable bonds is 5. The largest absolute Gasteiger partial charge is 0.495 e. The summed E-state index contributed by atoms with van der Waals surface area (Å²) in [7, 11) is 2.54. The van der Waals surface area contributed by atoms with E-state index in [0.29, 0.717) is 0 Å². The van der Waals surface area contributed by atoms with Crippen LogP contribution in [0.25, 0.3) is 0 Å². The fourth-order valence-corrected chi connectivity index (χ4v) is 1.37. The Morgan fingerprint density at radius 1 is 1.39 bits per heavy atom. The summed E-state index contributed by atoms with van der Waals surface area (Å²) in [5, 5.41) is 10.9. The molecule has 0 saturated carbocycles. The minimum absolute atomic E-state index is 0.0784. The first-order chi connectivity index (χ1) is 8.49. The van der Waals surface area contributed by atoms with Crippen molar-refractivity contribution in [3.8, 4) is 11.5 Å². The van der Waals surface area contributed by atoms with Crippen LogP contribution < -0.4 is 9.47 Å². The van der Waals surface area contributed by atoms with Gasteiger partial charge in [0.2, 0.25) is 5.75 Å². The molecule has 0 radical (unpaired) electrons. The first kappa shape index (κ1) is 14.0. The van der Waals surface area contributed by atoms with Crippen LogP contribution in [0.3, 0.4) is 0 Å². The molecule has 0 atom stereocenters. The second-order valence-corrected chi connectivity index (χ2v) is 3.48. The van der Waals surface area contributed by atoms with Crippen molar-refractivity contribution in [3.05, 3.63) is 27.3 Å². The molecule has 8 heteroatoms. The summed E-state index contributed by atoms with van der Waals surface area (Å²) in [6, 6.07) is 2.33. The average molecular weight is 276 g/mol. The highest BCUT2D eigenvalue weighted by Crippen LogP contribution is 2.37. The number of carbonyl (C=O) groups is 1. The smallest absolute Gasteiger partial charge is 0.343 e. The third-order valence-electron chi connectivity index (χ3n) is 2.00. The average Bonchev–Trinajstić information content (AvgIpc) is 2.36. The van der Waals surface area contributed by atoms with Crippen molar-refractivity contribution in [3.63, 3.8) is 0 Å². The Hall–Kier alpha value is -2.02. The molecule has 0 aliphatic heterocycles. The summed E-state index contributed by atoms with van der Waals surface area (Å²) < 4.78 is 14.3. The molecule has 1 aromatic carbocycles. The van der Waals surface area contributed by atoms with Crippen LogP contribution >= 0.6 is 11.6 Å². The number of hydrogen-bond acceptors (Lipinski definition) is 6. The van der Waals surface area contributed by atoms with Gasteiger partial charge in [0.1, 0.15) is 5.75 Å². The number of carbonyl (C=O) groups excluding carboxylic acids is 1. The zero-order chi connectivity index (χ0) is 13.7. The molecular formula is C10H10ClNO6. The number of benzene rings is 1. The van der Waals surface area contributed by atoms with Crippen molar-refractivity contribution in [1.82, 2.24) is 0 Å². The van der Waals surface area contributed by atoms with Gasteiger partial charge in [-0.3, -0.25) is 10.1 Å². The van der Waals surface area contributed by atoms with Gasteiger partial charge in [-0.05, 0) is 0 Å². The molecule has 0 bridgehead atoms. The molecule has 0 unspecified atom stereocenters. The maximum atomic E-state index is 10.9. The predicted octanol–water partition coefficient (Wildman–Crippen LogP) is 1.81. The Bertz CT molecular complexity index is 476. The zero-order valence-electron chi connectivity index (χ0n) is 9.64. The molecule has 0 heterocycles. The summed E-state index contributed by atoms with van der Waals surface area (Å²) in [5.41, 5.74) is -0.357. The van der Waals surface area contributed by atoms with Gasteiger partial charge in [0.05, 0.1) is 24.2 Å². The molecule has 0 amide bonds. The van der Waals surface area contributed by atoms with Crippen molar-refractivity contribution >= 4 is 23.3 Å². The van der Waals surface area contributed by atoms with E-state index in [9.17, 15) is 14.9 Å². The molecule has 0 N–H and O–H groups in total. The Kier molecular flexibility index (Phi) is 4.73. The second-order valence-electron chi connectivity index (χ2n) is 3.08. The minimum Gasteiger partial charge on any atom is -0.495 e. The first-order valence-electron chi connectivity index (χ1n) is 4.71. The number of nitro benzene ring substituents is 1. The van der Waals surface area contributed by atoms with Gasteiger partial charge in [-0.25, -0.2) is 4.79 Å². The molecule has 0 aliphatic carbocycles. The van der Waals surface area contributed by atoms with E-state index in [2.05, 4.69) is 4.74 Å². The monoisotopic (exact) mass is 275 g/mol. The van der Waals surface area contributed by atoms with E-state index >= 15 is 0 Å². The van der Waals surface area contributed by atoms with Crippen LogP contribution in [0.5, 0.6) is 11.5 Å². The molecule has 1 rings (SSSR count). The maximum Gasteiger partial charge on any atom is 0.343 e. The maximum absolute atomic E-state index is 10.9. The minimum atomic E-state index is -0.669. The van der Waals surface area contributed by atoms with Crippen molar-refractivity contribution in [2.24, 2.45) is 0 Å². The standard InChI is InChI=1S/C10H10ClNO6/c1-16-8-4-9(18-5-10(13)17-2)7(12(14)15)3-6(8)11/h3-4H,5H2,1-2H3. The SMILES string of the molecule is COC(=O)COc1cc(OC)c(Cl)cc1[N+](=O)[O-]. The van der Waals surface area contributed by atoms with E-state index in [-0.39, 0.29) is 22.2 Å². The van der Waals surface area contributed by atoms with Crippen molar-refractivity contribution < 1.29 is 23.9 Å². The Morgan fingerprint density at radius 3 is 2.56 bits per heavy atom. The predicted molar refractivity (Wildman–Crippen MR) is 62.2 cm³/mol. The number of methoxy groups -OCH3 is 2. The fraction of sp³-hybridized carbons (Fsp3) is 0.300. The van der Waals surface area contributed by atoms with E-state index < -0.39 is 17.5 Å². The van der Waals surface area contributed by atoms with Crippen molar-refractivity contribution in [1.29, 1.82) is 0 Å². The molecule has 0 aromatic heterocycles. The Morgan fingerprint density at radius 2 is 2.06 bits per heavy atom. The summed E-state index contributed by atoms with van der Waals surface area (Å²) in [4.78, 5) is 21.0. The molecule has 0 spiro atoms. The van der Waals surface area contributed by atoms with E-state index in [1.807, 2.05) is 0 Å². The van der Waals surface area contributed by atoms with Gasteiger partial charge in [-0.2, -0.15) is 0 Å². The lowest BCUT2D eigenvalue weighted by molar-refractivity contribution is -0.385. The van der Waals surface area contributed by atoms with Crippen LogP contribution in [-0.2, 0) is 9.53 Å². The van der Waals surface area contributed by atoms with Gasteiger partial charge in [-0.1, -0.05) is 11.6 Å². The third-order valence-corrected chi connectivity index (χ3v) is 2.30. The lowest BCUT2D eigenvalue weighted by Crippen LogP contribution is -2.13. The fourth-order valence-electron chi connectivity index (χ4n) is 1.13. The number of hydrogen-bond donors (Lipinski definition) is 0. The van der Waals surface area contributed by atoms with Crippen LogP contribution in [0.15, 0.2) is 12.1 Å². The van der Waals surface area contributed by atoms with Gasteiger partial charge in [0, 0.05) is 12.1 Å². The summed E-state index contributed by atoms with van der Waals surface area (Å²) in [6.07, 6.45) is 0. The molecule has 98 valence electrons. The molecule has 1 aromatic rings. The normalized spacial score (nSPS) is 9.72. The molecule has 18 heavy (non-hydrogen) atoms. The van der Waals surface area contributed by atoms with E-state index in [1.54, 1.807) is 0 Å². The van der Waals surface area contributed by atoms with E-state index in [1.165, 1.54) is 20.3 Å². The highest BCUT2D eigenvalue weighted by molar-refractivity contribution is 6.32. The molecule has 7 nitrogen and oxygen atoms in total. The zero-order valence-corrected chi connectivity index (χ0v) is 10.4. The lowest BCUT2D eigenvalue weighted by atomic mass is 10.3. The van der Waals surface area contributed by atoms with Crippen LogP contribution in [0.1, 0.15) is 0 Å². The summed E-state index contributed by atoms with van der Waals surface area (Å²) in [5.74, 6) is -0.563. The molecular weight excluding hydrogens is 266 g/mol. The molecule has 0 saturated heterocycles. The first-order valence-corrected chi connectivity index (χ1v) is 5.09. The van der Waals surface area contributed by atoms with Crippen LogP contribution in [0, 0.1) is 10.1 Å². The van der Waals surface area contributed by atoms with E-state index in [0.717, 1.165) is 6.07 Å².